The van der Waals surface area contributed by atoms with Gasteiger partial charge in [0, 0.05) is 27.2 Å². The fraction of sp³-hybridized carbons (Fsp3) is 0.455. The number of aliphatic carboxylic acids is 1. The molecule has 20 heavy (non-hydrogen) atoms. The normalized spacial score (nSPS) is 15.6. The van der Waals surface area contributed by atoms with Crippen LogP contribution in [0.5, 0.6) is 0 Å². The van der Waals surface area contributed by atoms with Crippen molar-refractivity contribution in [2.75, 3.05) is 18.0 Å². The van der Waals surface area contributed by atoms with Gasteiger partial charge < -0.3 is 15.0 Å². The van der Waals surface area contributed by atoms with Gasteiger partial charge in [0.2, 0.25) is 5.95 Å². The maximum atomic E-state index is 12.0. The van der Waals surface area contributed by atoms with Gasteiger partial charge in [-0.15, -0.1) is 0 Å². The molecule has 2 N–H and O–H groups in total. The van der Waals surface area contributed by atoms with Crippen molar-refractivity contribution in [3.05, 3.63) is 20.8 Å². The Morgan fingerprint density at radius 3 is 2.55 bits per heavy atom. The molecule has 3 rings (SSSR count). The number of carboxylic acids is 1. The number of hydrogen-bond acceptors (Lipinski definition) is 5. The van der Waals surface area contributed by atoms with Crippen LogP contribution in [0.2, 0.25) is 0 Å². The van der Waals surface area contributed by atoms with Crippen molar-refractivity contribution >= 4 is 23.1 Å². The first-order valence-electron chi connectivity index (χ1n) is 6.03. The lowest BCUT2D eigenvalue weighted by molar-refractivity contribution is -0.142. The number of aryl methyl sites for hydroxylation is 1. The minimum absolute atomic E-state index is 0.239. The molecule has 0 spiro atoms. The van der Waals surface area contributed by atoms with Crippen LogP contribution in [-0.4, -0.2) is 43.3 Å². The van der Waals surface area contributed by atoms with Crippen LogP contribution in [0.25, 0.3) is 11.2 Å². The summed E-state index contributed by atoms with van der Waals surface area (Å²) in [7, 11) is 2.93. The molecular weight excluding hydrogens is 266 g/mol. The van der Waals surface area contributed by atoms with Gasteiger partial charge in [0.15, 0.2) is 11.2 Å². The summed E-state index contributed by atoms with van der Waals surface area (Å²) in [5.41, 5.74) is -0.389. The Balaban J connectivity index is 2.07. The third-order valence-electron chi connectivity index (χ3n) is 3.61. The van der Waals surface area contributed by atoms with Crippen LogP contribution in [0, 0.1) is 5.92 Å². The number of aromatic nitrogens is 4. The summed E-state index contributed by atoms with van der Waals surface area (Å²) in [4.78, 5) is 43.3. The second kappa shape index (κ2) is 3.95. The van der Waals surface area contributed by atoms with Gasteiger partial charge in [0.25, 0.3) is 5.56 Å². The number of nitrogens with zero attached hydrogens (tertiary/aromatic N) is 4. The molecule has 9 heteroatoms. The zero-order valence-electron chi connectivity index (χ0n) is 11.0. The lowest BCUT2D eigenvalue weighted by Crippen LogP contribution is -2.50. The van der Waals surface area contributed by atoms with E-state index in [2.05, 4.69) is 9.97 Å². The fourth-order valence-electron chi connectivity index (χ4n) is 2.27. The first-order valence-corrected chi connectivity index (χ1v) is 6.03. The van der Waals surface area contributed by atoms with Gasteiger partial charge in [-0.3, -0.25) is 18.7 Å². The lowest BCUT2D eigenvalue weighted by atomic mass is 10.0. The highest BCUT2D eigenvalue weighted by molar-refractivity contribution is 5.76. The van der Waals surface area contributed by atoms with E-state index < -0.39 is 23.1 Å². The van der Waals surface area contributed by atoms with E-state index >= 15 is 0 Å². The molecule has 1 fully saturated rings. The number of imidazole rings is 1. The minimum atomic E-state index is -0.847. The van der Waals surface area contributed by atoms with E-state index in [1.165, 1.54) is 18.7 Å². The Morgan fingerprint density at radius 2 is 1.95 bits per heavy atom. The van der Waals surface area contributed by atoms with Crippen LogP contribution in [0.4, 0.5) is 5.95 Å². The molecule has 0 saturated carbocycles. The molecule has 0 atom stereocenters. The van der Waals surface area contributed by atoms with Crippen molar-refractivity contribution in [1.29, 1.82) is 0 Å². The van der Waals surface area contributed by atoms with Gasteiger partial charge in [0.05, 0.1) is 5.92 Å². The third-order valence-corrected chi connectivity index (χ3v) is 3.61. The van der Waals surface area contributed by atoms with Crippen molar-refractivity contribution in [2.45, 2.75) is 0 Å². The van der Waals surface area contributed by atoms with Crippen molar-refractivity contribution in [1.82, 2.24) is 19.1 Å². The molecule has 0 aromatic carbocycles. The SMILES string of the molecule is Cn1c(=O)c2[nH]c(N3CC(C(=O)O)C3)nc2n(C)c1=O. The van der Waals surface area contributed by atoms with Crippen LogP contribution in [-0.2, 0) is 18.9 Å². The summed E-state index contributed by atoms with van der Waals surface area (Å²) in [6.45, 7) is 0.673. The zero-order chi connectivity index (χ0) is 14.6. The van der Waals surface area contributed by atoms with Gasteiger partial charge in [-0.1, -0.05) is 0 Å². The van der Waals surface area contributed by atoms with E-state index in [-0.39, 0.29) is 11.2 Å². The molecule has 1 aliphatic rings. The number of carboxylic acid groups (broad SMARTS) is 1. The van der Waals surface area contributed by atoms with Crippen molar-refractivity contribution in [3.8, 4) is 0 Å². The molecule has 3 heterocycles. The topological polar surface area (TPSA) is 113 Å². The number of anilines is 1. The summed E-state index contributed by atoms with van der Waals surface area (Å²) >= 11 is 0. The molecule has 2 aromatic heterocycles. The highest BCUT2D eigenvalue weighted by atomic mass is 16.4. The number of aromatic amines is 1. The Bertz CT molecular complexity index is 824. The van der Waals surface area contributed by atoms with Crippen molar-refractivity contribution in [2.24, 2.45) is 20.0 Å². The molecule has 0 unspecified atom stereocenters. The Kier molecular flexibility index (Phi) is 2.46. The van der Waals surface area contributed by atoms with E-state index in [0.29, 0.717) is 19.0 Å². The second-order valence-corrected chi connectivity index (χ2v) is 4.90. The van der Waals surface area contributed by atoms with E-state index in [0.717, 1.165) is 4.57 Å². The number of fused-ring (bicyclic) bond motifs is 1. The first-order chi connectivity index (χ1) is 9.40. The van der Waals surface area contributed by atoms with Crippen LogP contribution >= 0.6 is 0 Å². The highest BCUT2D eigenvalue weighted by Crippen LogP contribution is 2.23. The van der Waals surface area contributed by atoms with Gasteiger partial charge in [-0.05, 0) is 0 Å². The minimum Gasteiger partial charge on any atom is -0.481 e. The molecule has 0 amide bonds. The van der Waals surface area contributed by atoms with Crippen LogP contribution < -0.4 is 16.1 Å². The molecule has 1 aliphatic heterocycles. The largest absolute Gasteiger partial charge is 0.481 e. The van der Waals surface area contributed by atoms with Gasteiger partial charge in [0.1, 0.15) is 0 Å². The van der Waals surface area contributed by atoms with Crippen molar-refractivity contribution in [3.63, 3.8) is 0 Å². The van der Waals surface area contributed by atoms with E-state index in [9.17, 15) is 14.4 Å². The number of hydrogen-bond donors (Lipinski definition) is 2. The highest BCUT2D eigenvalue weighted by Gasteiger charge is 2.34. The third kappa shape index (κ3) is 1.55. The average molecular weight is 279 g/mol. The smallest absolute Gasteiger partial charge is 0.332 e. The maximum absolute atomic E-state index is 12.0. The molecule has 2 aromatic rings. The van der Waals surface area contributed by atoms with Gasteiger partial charge in [-0.25, -0.2) is 4.79 Å². The summed E-state index contributed by atoms with van der Waals surface area (Å²) in [5, 5.41) is 8.84. The zero-order valence-corrected chi connectivity index (χ0v) is 11.0. The second-order valence-electron chi connectivity index (χ2n) is 4.90. The molecule has 0 aliphatic carbocycles. The molecule has 1 saturated heterocycles. The van der Waals surface area contributed by atoms with E-state index in [1.807, 2.05) is 0 Å². The maximum Gasteiger partial charge on any atom is 0.332 e. The number of rotatable bonds is 2. The predicted molar refractivity (Wildman–Crippen MR) is 69.9 cm³/mol. The van der Waals surface area contributed by atoms with Crippen LogP contribution in [0.3, 0.4) is 0 Å². The Hall–Kier alpha value is -2.58. The monoisotopic (exact) mass is 279 g/mol. The molecular formula is C11H13N5O4. The lowest BCUT2D eigenvalue weighted by Gasteiger charge is -2.36. The number of carbonyl (C=O) groups is 1. The summed E-state index contributed by atoms with van der Waals surface area (Å²) in [5.74, 6) is -0.855. The fourth-order valence-corrected chi connectivity index (χ4v) is 2.27. The standard InChI is InChI=1S/C11H13N5O4/c1-14-7-6(8(17)15(2)11(14)20)12-10(13-7)16-3-5(4-16)9(18)19/h5H,3-4H2,1-2H3,(H,12,13)(H,18,19). The first kappa shape index (κ1) is 12.5. The van der Waals surface area contributed by atoms with Gasteiger partial charge >= 0.3 is 11.7 Å². The van der Waals surface area contributed by atoms with E-state index in [4.69, 9.17) is 5.11 Å². The Labute approximate surface area is 112 Å². The number of H-pyrrole nitrogens is 1. The summed E-state index contributed by atoms with van der Waals surface area (Å²) < 4.78 is 2.28. The average Bonchev–Trinajstić information content (AvgIpc) is 2.76. The van der Waals surface area contributed by atoms with E-state index in [1.54, 1.807) is 4.90 Å². The molecule has 9 nitrogen and oxygen atoms in total. The number of nitrogens with one attached hydrogen (secondary N) is 1. The molecule has 106 valence electrons. The Morgan fingerprint density at radius 1 is 1.30 bits per heavy atom. The molecule has 0 radical (unpaired) electrons. The van der Waals surface area contributed by atoms with Crippen LogP contribution in [0.15, 0.2) is 9.59 Å². The predicted octanol–water partition coefficient (Wildman–Crippen LogP) is -1.52. The summed E-state index contributed by atoms with van der Waals surface area (Å²) in [6, 6.07) is 0. The van der Waals surface area contributed by atoms with Crippen LogP contribution in [0.1, 0.15) is 0 Å². The van der Waals surface area contributed by atoms with Crippen molar-refractivity contribution < 1.29 is 9.90 Å². The van der Waals surface area contributed by atoms with Gasteiger partial charge in [-0.2, -0.15) is 4.98 Å². The molecule has 0 bridgehead atoms. The summed E-state index contributed by atoms with van der Waals surface area (Å²) in [6.07, 6.45) is 0. The quantitative estimate of drug-likeness (QED) is 0.690.